The highest BCUT2D eigenvalue weighted by Crippen LogP contribution is 2.36. The number of benzene rings is 1. The fourth-order valence-corrected chi connectivity index (χ4v) is 3.48. The molecular formula is C18H24O. The number of rotatable bonds is 4. The van der Waals surface area contributed by atoms with E-state index in [9.17, 15) is 4.79 Å². The van der Waals surface area contributed by atoms with Gasteiger partial charge in [-0.05, 0) is 36.3 Å². The Balaban J connectivity index is 1.65. The molecule has 19 heavy (non-hydrogen) atoms. The van der Waals surface area contributed by atoms with Gasteiger partial charge in [-0.25, -0.2) is 0 Å². The number of hydrogen-bond acceptors (Lipinski definition) is 1. The van der Waals surface area contributed by atoms with Gasteiger partial charge in [-0.1, -0.05) is 56.7 Å². The highest BCUT2D eigenvalue weighted by molar-refractivity contribution is 5.96. The van der Waals surface area contributed by atoms with Gasteiger partial charge in [0, 0.05) is 12.0 Å². The van der Waals surface area contributed by atoms with Crippen LogP contribution in [0.25, 0.3) is 0 Å². The summed E-state index contributed by atoms with van der Waals surface area (Å²) in [6.45, 7) is 0. The van der Waals surface area contributed by atoms with E-state index in [0.717, 1.165) is 17.9 Å². The van der Waals surface area contributed by atoms with Crippen LogP contribution in [0.3, 0.4) is 0 Å². The fraction of sp³-hybridized carbons (Fsp3) is 0.611. The zero-order valence-corrected chi connectivity index (χ0v) is 11.7. The summed E-state index contributed by atoms with van der Waals surface area (Å²) in [6.07, 6.45) is 11.3. The number of carbonyl (C=O) groups is 1. The van der Waals surface area contributed by atoms with Crippen LogP contribution in [0.4, 0.5) is 0 Å². The first-order valence-electron chi connectivity index (χ1n) is 7.96. The van der Waals surface area contributed by atoms with Crippen molar-refractivity contribution in [2.24, 2.45) is 5.92 Å². The molecule has 0 unspecified atom stereocenters. The Morgan fingerprint density at radius 1 is 1.00 bits per heavy atom. The van der Waals surface area contributed by atoms with Crippen molar-refractivity contribution in [1.29, 1.82) is 0 Å². The molecule has 1 aromatic carbocycles. The molecule has 0 radical (unpaired) electrons. The lowest BCUT2D eigenvalue weighted by Gasteiger charge is -2.26. The first kappa shape index (κ1) is 12.9. The summed E-state index contributed by atoms with van der Waals surface area (Å²) in [7, 11) is 0. The van der Waals surface area contributed by atoms with E-state index in [2.05, 4.69) is 18.2 Å². The van der Waals surface area contributed by atoms with Crippen LogP contribution in [0.5, 0.6) is 0 Å². The van der Waals surface area contributed by atoms with E-state index in [1.807, 2.05) is 6.07 Å². The van der Waals surface area contributed by atoms with Gasteiger partial charge in [0.15, 0.2) is 5.78 Å². The Bertz CT molecular complexity index is 439. The van der Waals surface area contributed by atoms with Gasteiger partial charge < -0.3 is 0 Å². The Morgan fingerprint density at radius 2 is 1.79 bits per heavy atom. The van der Waals surface area contributed by atoms with Crippen LogP contribution in [0.2, 0.25) is 0 Å². The van der Waals surface area contributed by atoms with Crippen molar-refractivity contribution in [3.8, 4) is 0 Å². The van der Waals surface area contributed by atoms with E-state index in [-0.39, 0.29) is 0 Å². The Hall–Kier alpha value is -1.11. The van der Waals surface area contributed by atoms with Gasteiger partial charge in [0.2, 0.25) is 0 Å². The molecule has 1 heteroatoms. The maximum absolute atomic E-state index is 12.4. The summed E-state index contributed by atoms with van der Waals surface area (Å²) in [6, 6.07) is 8.44. The monoisotopic (exact) mass is 256 g/mol. The summed E-state index contributed by atoms with van der Waals surface area (Å²) < 4.78 is 0. The second-order valence-electron chi connectivity index (χ2n) is 6.38. The summed E-state index contributed by atoms with van der Waals surface area (Å²) in [4.78, 5) is 12.4. The molecule has 0 saturated heterocycles. The molecular weight excluding hydrogens is 232 g/mol. The Kier molecular flexibility index (Phi) is 4.00. The van der Waals surface area contributed by atoms with Crippen molar-refractivity contribution in [3.63, 3.8) is 0 Å². The molecule has 0 heterocycles. The van der Waals surface area contributed by atoms with E-state index in [1.54, 1.807) is 0 Å². The third-order valence-electron chi connectivity index (χ3n) is 4.98. The number of ketones is 1. The van der Waals surface area contributed by atoms with E-state index >= 15 is 0 Å². The van der Waals surface area contributed by atoms with Crippen LogP contribution in [0.1, 0.15) is 79.6 Å². The topological polar surface area (TPSA) is 17.1 Å². The average Bonchev–Trinajstić information content (AvgIpc) is 2.38. The predicted molar refractivity (Wildman–Crippen MR) is 78.6 cm³/mol. The molecule has 2 aliphatic rings. The first-order chi connectivity index (χ1) is 9.33. The van der Waals surface area contributed by atoms with Crippen molar-refractivity contribution in [2.45, 2.75) is 63.7 Å². The minimum absolute atomic E-state index is 0.369. The highest BCUT2D eigenvalue weighted by Gasteiger charge is 2.21. The normalized spacial score (nSPS) is 21.1. The van der Waals surface area contributed by atoms with Crippen LogP contribution < -0.4 is 0 Å². The molecule has 0 spiro atoms. The largest absolute Gasteiger partial charge is 0.294 e. The molecule has 0 aromatic heterocycles. The lowest BCUT2D eigenvalue weighted by Crippen LogP contribution is -2.13. The molecule has 0 atom stereocenters. The second-order valence-corrected chi connectivity index (χ2v) is 6.38. The van der Waals surface area contributed by atoms with Gasteiger partial charge in [0.25, 0.3) is 0 Å². The smallest absolute Gasteiger partial charge is 0.163 e. The number of carbonyl (C=O) groups excluding carboxylic acids is 1. The van der Waals surface area contributed by atoms with Crippen LogP contribution in [0.15, 0.2) is 24.3 Å². The van der Waals surface area contributed by atoms with E-state index < -0.39 is 0 Å². The Morgan fingerprint density at radius 3 is 2.47 bits per heavy atom. The lowest BCUT2D eigenvalue weighted by molar-refractivity contribution is 0.0950. The minimum Gasteiger partial charge on any atom is -0.294 e. The summed E-state index contributed by atoms with van der Waals surface area (Å²) in [5, 5.41) is 0. The third kappa shape index (κ3) is 3.08. The summed E-state index contributed by atoms with van der Waals surface area (Å²) in [5.41, 5.74) is 2.34. The van der Waals surface area contributed by atoms with Gasteiger partial charge in [0.05, 0.1) is 0 Å². The van der Waals surface area contributed by atoms with Gasteiger partial charge in [0.1, 0.15) is 0 Å². The maximum atomic E-state index is 12.4. The quantitative estimate of drug-likeness (QED) is 0.684. The van der Waals surface area contributed by atoms with E-state index in [4.69, 9.17) is 0 Å². The van der Waals surface area contributed by atoms with Gasteiger partial charge >= 0.3 is 0 Å². The second kappa shape index (κ2) is 5.90. The van der Waals surface area contributed by atoms with Gasteiger partial charge in [-0.15, -0.1) is 0 Å². The van der Waals surface area contributed by atoms with Crippen molar-refractivity contribution >= 4 is 5.78 Å². The zero-order valence-electron chi connectivity index (χ0n) is 11.7. The number of hydrogen-bond donors (Lipinski definition) is 0. The maximum Gasteiger partial charge on any atom is 0.163 e. The molecule has 2 aliphatic carbocycles. The molecule has 0 bridgehead atoms. The van der Waals surface area contributed by atoms with Crippen LogP contribution >= 0.6 is 0 Å². The van der Waals surface area contributed by atoms with Crippen LogP contribution in [0, 0.1) is 5.92 Å². The molecule has 0 aliphatic heterocycles. The zero-order chi connectivity index (χ0) is 13.1. The Labute approximate surface area is 116 Å². The summed E-state index contributed by atoms with van der Waals surface area (Å²) in [5.74, 6) is 1.74. The SMILES string of the molecule is O=C(CC1CCCCC1)c1cccc(C2CCC2)c1. The molecule has 0 N–H and O–H groups in total. The van der Waals surface area contributed by atoms with Crippen molar-refractivity contribution in [1.82, 2.24) is 0 Å². The standard InChI is InChI=1S/C18H24O/c19-18(12-14-6-2-1-3-7-14)17-11-5-10-16(13-17)15-8-4-9-15/h5,10-11,13-15H,1-4,6-9,12H2. The molecule has 2 saturated carbocycles. The van der Waals surface area contributed by atoms with E-state index in [0.29, 0.717) is 11.7 Å². The predicted octanol–water partition coefficient (Wildman–Crippen LogP) is 5.11. The van der Waals surface area contributed by atoms with E-state index in [1.165, 1.54) is 56.9 Å². The summed E-state index contributed by atoms with van der Waals surface area (Å²) >= 11 is 0. The molecule has 1 nitrogen and oxygen atoms in total. The molecule has 2 fully saturated rings. The average molecular weight is 256 g/mol. The molecule has 0 amide bonds. The lowest BCUT2D eigenvalue weighted by atomic mass is 9.79. The molecule has 1 aromatic rings. The van der Waals surface area contributed by atoms with Gasteiger partial charge in [-0.3, -0.25) is 4.79 Å². The fourth-order valence-electron chi connectivity index (χ4n) is 3.48. The third-order valence-corrected chi connectivity index (χ3v) is 4.98. The van der Waals surface area contributed by atoms with Crippen LogP contribution in [-0.4, -0.2) is 5.78 Å². The van der Waals surface area contributed by atoms with Gasteiger partial charge in [-0.2, -0.15) is 0 Å². The van der Waals surface area contributed by atoms with Crippen LogP contribution in [-0.2, 0) is 0 Å². The van der Waals surface area contributed by atoms with Crippen molar-refractivity contribution in [2.75, 3.05) is 0 Å². The van der Waals surface area contributed by atoms with Crippen molar-refractivity contribution < 1.29 is 4.79 Å². The molecule has 102 valence electrons. The van der Waals surface area contributed by atoms with Crippen molar-refractivity contribution in [3.05, 3.63) is 35.4 Å². The highest BCUT2D eigenvalue weighted by atomic mass is 16.1. The minimum atomic E-state index is 0.369. The molecule has 3 rings (SSSR count). The number of Topliss-reactive ketones (excluding diaryl/α,β-unsaturated/α-hetero) is 1. The first-order valence-corrected chi connectivity index (χ1v) is 7.96.